The highest BCUT2D eigenvalue weighted by atomic mass is 16.6. The number of carbonyl (C=O) groups excluding carboxylic acids is 2. The third kappa shape index (κ3) is 3.25. The van der Waals surface area contributed by atoms with E-state index in [-0.39, 0.29) is 23.6 Å². The third-order valence-corrected chi connectivity index (χ3v) is 3.57. The fourth-order valence-corrected chi connectivity index (χ4v) is 2.40. The molecule has 0 amide bonds. The van der Waals surface area contributed by atoms with Crippen LogP contribution in [0.5, 0.6) is 0 Å². The zero-order valence-electron chi connectivity index (χ0n) is 13.2. The number of nitro benzene ring substituents is 1. The van der Waals surface area contributed by atoms with Crippen LogP contribution in [0.25, 0.3) is 11.0 Å². The number of benzene rings is 2. The minimum atomic E-state index is -0.568. The van der Waals surface area contributed by atoms with Gasteiger partial charge in [0.15, 0.2) is 5.76 Å². The van der Waals surface area contributed by atoms with E-state index in [0.717, 1.165) is 0 Å². The van der Waals surface area contributed by atoms with Crippen LogP contribution in [0.15, 0.2) is 52.9 Å². The fourth-order valence-electron chi connectivity index (χ4n) is 2.40. The van der Waals surface area contributed by atoms with E-state index in [9.17, 15) is 19.7 Å². The molecule has 0 radical (unpaired) electrons. The number of non-ortho nitro benzene ring substituents is 1. The van der Waals surface area contributed by atoms with Crippen molar-refractivity contribution in [1.82, 2.24) is 0 Å². The van der Waals surface area contributed by atoms with Crippen molar-refractivity contribution in [2.75, 3.05) is 6.61 Å². The average Bonchev–Trinajstić information content (AvgIpc) is 3.04. The minimum Gasteiger partial charge on any atom is -0.462 e. The molecule has 1 heterocycles. The summed E-state index contributed by atoms with van der Waals surface area (Å²) in [7, 11) is 0. The quantitative estimate of drug-likeness (QED) is 0.304. The molecule has 3 aromatic rings. The number of fused-ring (bicyclic) bond motifs is 1. The molecule has 7 nitrogen and oxygen atoms in total. The van der Waals surface area contributed by atoms with E-state index in [2.05, 4.69) is 0 Å². The number of hydrogen-bond acceptors (Lipinski definition) is 6. The lowest BCUT2D eigenvalue weighted by atomic mass is 10.1. The van der Waals surface area contributed by atoms with E-state index < -0.39 is 16.7 Å². The van der Waals surface area contributed by atoms with E-state index in [1.807, 2.05) is 0 Å². The van der Waals surface area contributed by atoms with Crippen LogP contribution >= 0.6 is 0 Å². The van der Waals surface area contributed by atoms with Crippen molar-refractivity contribution < 1.29 is 23.7 Å². The lowest BCUT2D eigenvalue weighted by Crippen LogP contribution is -2.03. The molecule has 2 aromatic carbocycles. The first-order chi connectivity index (χ1) is 12.0. The molecular formula is C18H13NO6. The Hall–Kier alpha value is -3.48. The lowest BCUT2D eigenvalue weighted by molar-refractivity contribution is -0.384. The van der Waals surface area contributed by atoms with Gasteiger partial charge in [0.25, 0.3) is 5.69 Å². The Balaban J connectivity index is 1.96. The number of ether oxygens (including phenoxy) is 1. The van der Waals surface area contributed by atoms with Crippen molar-refractivity contribution in [3.05, 3.63) is 75.5 Å². The largest absolute Gasteiger partial charge is 0.462 e. The summed E-state index contributed by atoms with van der Waals surface area (Å²) in [6.07, 6.45) is 0. The lowest BCUT2D eigenvalue weighted by Gasteiger charge is -2.00. The highest BCUT2D eigenvalue weighted by Crippen LogP contribution is 2.24. The maximum Gasteiger partial charge on any atom is 0.338 e. The zero-order chi connectivity index (χ0) is 18.0. The van der Waals surface area contributed by atoms with Gasteiger partial charge in [-0.25, -0.2) is 4.79 Å². The van der Waals surface area contributed by atoms with E-state index >= 15 is 0 Å². The molecule has 1 aromatic heterocycles. The fraction of sp³-hybridized carbons (Fsp3) is 0.111. The summed E-state index contributed by atoms with van der Waals surface area (Å²) in [6, 6.07) is 11.6. The normalized spacial score (nSPS) is 10.6. The van der Waals surface area contributed by atoms with Gasteiger partial charge in [-0.15, -0.1) is 0 Å². The van der Waals surface area contributed by atoms with Crippen molar-refractivity contribution in [2.24, 2.45) is 0 Å². The molecule has 7 heteroatoms. The SMILES string of the molecule is CCOC(=O)c1ccc2oc(C(=O)c3cccc([N+](=O)[O-])c3)cc2c1. The van der Waals surface area contributed by atoms with Gasteiger partial charge >= 0.3 is 5.97 Å². The molecule has 25 heavy (non-hydrogen) atoms. The van der Waals surface area contributed by atoms with Gasteiger partial charge in [0.2, 0.25) is 5.78 Å². The predicted molar refractivity (Wildman–Crippen MR) is 88.7 cm³/mol. The van der Waals surface area contributed by atoms with E-state index in [1.165, 1.54) is 30.3 Å². The van der Waals surface area contributed by atoms with E-state index in [4.69, 9.17) is 9.15 Å². The molecule has 126 valence electrons. The molecule has 0 atom stereocenters. The molecule has 0 aliphatic heterocycles. The summed E-state index contributed by atoms with van der Waals surface area (Å²) in [5.41, 5.74) is 0.761. The van der Waals surface area contributed by atoms with Gasteiger partial charge in [-0.2, -0.15) is 0 Å². The third-order valence-electron chi connectivity index (χ3n) is 3.57. The monoisotopic (exact) mass is 339 g/mol. The van der Waals surface area contributed by atoms with Crippen molar-refractivity contribution in [3.63, 3.8) is 0 Å². The molecule has 0 bridgehead atoms. The van der Waals surface area contributed by atoms with Crippen LogP contribution in [0.4, 0.5) is 5.69 Å². The number of nitro groups is 1. The van der Waals surface area contributed by atoms with Gasteiger partial charge in [0.1, 0.15) is 5.58 Å². The molecule has 0 saturated carbocycles. The Morgan fingerprint density at radius 3 is 2.64 bits per heavy atom. The first-order valence-corrected chi connectivity index (χ1v) is 7.49. The molecular weight excluding hydrogens is 326 g/mol. The first kappa shape index (κ1) is 16.4. The van der Waals surface area contributed by atoms with E-state index in [1.54, 1.807) is 25.1 Å². The van der Waals surface area contributed by atoms with Crippen LogP contribution in [-0.4, -0.2) is 23.3 Å². The van der Waals surface area contributed by atoms with Crippen LogP contribution in [0, 0.1) is 10.1 Å². The number of carbonyl (C=O) groups is 2. The molecule has 0 N–H and O–H groups in total. The number of ketones is 1. The molecule has 0 unspecified atom stereocenters. The van der Waals surface area contributed by atoms with Crippen LogP contribution in [-0.2, 0) is 4.74 Å². The topological polar surface area (TPSA) is 99.7 Å². The van der Waals surface area contributed by atoms with Gasteiger partial charge in [-0.05, 0) is 31.2 Å². The summed E-state index contributed by atoms with van der Waals surface area (Å²) in [5, 5.41) is 11.4. The van der Waals surface area contributed by atoms with Crippen LogP contribution in [0.3, 0.4) is 0 Å². The summed E-state index contributed by atoms with van der Waals surface area (Å²) in [6.45, 7) is 1.98. The van der Waals surface area contributed by atoms with Crippen LogP contribution in [0.1, 0.15) is 33.4 Å². The van der Waals surface area contributed by atoms with Gasteiger partial charge < -0.3 is 9.15 Å². The highest BCUT2D eigenvalue weighted by molar-refractivity contribution is 6.09. The molecule has 0 spiro atoms. The van der Waals surface area contributed by atoms with Gasteiger partial charge in [-0.1, -0.05) is 12.1 Å². The smallest absolute Gasteiger partial charge is 0.338 e. The maximum absolute atomic E-state index is 12.5. The standard InChI is InChI=1S/C18H13NO6/c1-2-24-18(21)12-6-7-15-13(8-12)10-16(25-15)17(20)11-4-3-5-14(9-11)19(22)23/h3-10H,2H2,1H3. The number of hydrogen-bond donors (Lipinski definition) is 0. The Morgan fingerprint density at radius 1 is 1.12 bits per heavy atom. The summed E-state index contributed by atoms with van der Waals surface area (Å²) < 4.78 is 10.4. The minimum absolute atomic E-state index is 0.0384. The number of rotatable bonds is 5. The molecule has 3 rings (SSSR count). The summed E-state index contributed by atoms with van der Waals surface area (Å²) in [4.78, 5) is 34.5. The van der Waals surface area contributed by atoms with Gasteiger partial charge in [0.05, 0.1) is 17.1 Å². The highest BCUT2D eigenvalue weighted by Gasteiger charge is 2.18. The van der Waals surface area contributed by atoms with Crippen LogP contribution < -0.4 is 0 Å². The number of furan rings is 1. The summed E-state index contributed by atoms with van der Waals surface area (Å²) in [5.74, 6) is -0.897. The first-order valence-electron chi connectivity index (χ1n) is 7.49. The number of esters is 1. The molecule has 0 aliphatic carbocycles. The second kappa shape index (κ2) is 6.56. The van der Waals surface area contributed by atoms with Gasteiger partial charge in [-0.3, -0.25) is 14.9 Å². The van der Waals surface area contributed by atoms with E-state index in [0.29, 0.717) is 16.5 Å². The average molecular weight is 339 g/mol. The Bertz CT molecular complexity index is 988. The van der Waals surface area contributed by atoms with Crippen molar-refractivity contribution in [1.29, 1.82) is 0 Å². The Labute approximate surface area is 142 Å². The van der Waals surface area contributed by atoms with Crippen LogP contribution in [0.2, 0.25) is 0 Å². The molecule has 0 saturated heterocycles. The maximum atomic E-state index is 12.5. The zero-order valence-corrected chi connectivity index (χ0v) is 13.2. The molecule has 0 aliphatic rings. The van der Waals surface area contributed by atoms with Crippen molar-refractivity contribution >= 4 is 28.4 Å². The second-order valence-corrected chi connectivity index (χ2v) is 5.22. The Kier molecular flexibility index (Phi) is 4.30. The molecule has 0 fully saturated rings. The predicted octanol–water partition coefficient (Wildman–Crippen LogP) is 3.75. The summed E-state index contributed by atoms with van der Waals surface area (Å²) >= 11 is 0. The van der Waals surface area contributed by atoms with Crippen molar-refractivity contribution in [2.45, 2.75) is 6.92 Å². The Morgan fingerprint density at radius 2 is 1.92 bits per heavy atom. The number of nitrogens with zero attached hydrogens (tertiary/aromatic N) is 1. The van der Waals surface area contributed by atoms with Gasteiger partial charge in [0, 0.05) is 23.1 Å². The van der Waals surface area contributed by atoms with Crippen molar-refractivity contribution in [3.8, 4) is 0 Å². The second-order valence-electron chi connectivity index (χ2n) is 5.22.